The van der Waals surface area contributed by atoms with Crippen molar-refractivity contribution < 1.29 is 34.2 Å². The fourth-order valence-corrected chi connectivity index (χ4v) is 3.52. The van der Waals surface area contributed by atoms with Crippen LogP contribution in [0.2, 0.25) is 0 Å². The number of hydrogen-bond acceptors (Lipinski definition) is 9. The average Bonchev–Trinajstić information content (AvgIpc) is 2.87. The van der Waals surface area contributed by atoms with Crippen molar-refractivity contribution in [3.8, 4) is 0 Å². The molecular weight excluding hydrogens is 514 g/mol. The van der Waals surface area contributed by atoms with Crippen molar-refractivity contribution in [2.24, 2.45) is 33.7 Å². The number of carboxylic acids is 2. The molecule has 0 saturated heterocycles. The van der Waals surface area contributed by atoms with Gasteiger partial charge in [-0.3, -0.25) is 24.2 Å². The number of guanidine groups is 1. The molecule has 4 atom stereocenters. The lowest BCUT2D eigenvalue weighted by atomic mass is 10.0. The van der Waals surface area contributed by atoms with Gasteiger partial charge in [0.1, 0.15) is 18.1 Å². The molecule has 3 amide bonds. The molecule has 0 fully saturated rings. The van der Waals surface area contributed by atoms with E-state index < -0.39 is 60.2 Å². The van der Waals surface area contributed by atoms with E-state index in [1.807, 2.05) is 0 Å². The molecule has 0 heterocycles. The number of rotatable bonds is 22. The lowest BCUT2D eigenvalue weighted by molar-refractivity contribution is -0.143. The number of carboxylic acid groups (broad SMARTS) is 2. The molecule has 16 heteroatoms. The van der Waals surface area contributed by atoms with Crippen molar-refractivity contribution in [1.29, 1.82) is 0 Å². The van der Waals surface area contributed by atoms with Crippen LogP contribution in [0.25, 0.3) is 0 Å². The highest BCUT2D eigenvalue weighted by Crippen LogP contribution is 2.08. The van der Waals surface area contributed by atoms with Crippen LogP contribution >= 0.6 is 0 Å². The van der Waals surface area contributed by atoms with E-state index in [9.17, 15) is 29.1 Å². The first-order valence-electron chi connectivity index (χ1n) is 13.0. The zero-order chi connectivity index (χ0) is 29.8. The van der Waals surface area contributed by atoms with Gasteiger partial charge in [-0.05, 0) is 70.9 Å². The molecule has 0 rings (SSSR count). The first kappa shape index (κ1) is 35.5. The highest BCUT2D eigenvalue weighted by molar-refractivity contribution is 5.94. The maximum Gasteiger partial charge on any atom is 0.326 e. The molecule has 4 unspecified atom stereocenters. The van der Waals surface area contributed by atoms with Crippen molar-refractivity contribution in [1.82, 2.24) is 16.0 Å². The Labute approximate surface area is 227 Å². The van der Waals surface area contributed by atoms with Crippen LogP contribution in [0, 0.1) is 0 Å². The lowest BCUT2D eigenvalue weighted by Gasteiger charge is -2.25. The number of aliphatic imine (C=N–C) groups is 1. The summed E-state index contributed by atoms with van der Waals surface area (Å²) in [6.45, 7) is 1.01. The molecule has 0 aliphatic rings. The van der Waals surface area contributed by atoms with Crippen LogP contribution in [-0.4, -0.2) is 89.6 Å². The number of nitrogens with one attached hydrogen (secondary N) is 3. The molecule has 0 saturated carbocycles. The van der Waals surface area contributed by atoms with Gasteiger partial charge in [-0.15, -0.1) is 0 Å². The molecule has 0 aliphatic carbocycles. The molecule has 0 aliphatic heterocycles. The summed E-state index contributed by atoms with van der Waals surface area (Å²) in [5.74, 6) is -4.71. The zero-order valence-electron chi connectivity index (χ0n) is 22.3. The lowest BCUT2D eigenvalue weighted by Crippen LogP contribution is -2.57. The van der Waals surface area contributed by atoms with E-state index in [2.05, 4.69) is 20.9 Å². The van der Waals surface area contributed by atoms with Gasteiger partial charge in [0.15, 0.2) is 5.96 Å². The van der Waals surface area contributed by atoms with Crippen LogP contribution < -0.4 is 44.6 Å². The molecule has 15 N–H and O–H groups in total. The maximum absolute atomic E-state index is 13.2. The van der Waals surface area contributed by atoms with E-state index in [0.29, 0.717) is 45.2 Å². The van der Waals surface area contributed by atoms with Crippen LogP contribution in [0.1, 0.15) is 64.2 Å². The number of aliphatic carboxylic acids is 2. The van der Waals surface area contributed by atoms with Crippen LogP contribution in [0.3, 0.4) is 0 Å². The monoisotopic (exact) mass is 559 g/mol. The standard InChI is InChI=1S/C23H45N9O7/c24-11-3-1-7-15(30-19(35)14(26)6-5-13-29-23(27)28)20(36)31-16(8-2-4-12-25)21(37)32-17(22(38)39)9-10-18(33)34/h14-17H,1-13,24-26H2,(H,30,35)(H,31,36)(H,32,37)(H,33,34)(H,38,39)(H4,27,28,29). The summed E-state index contributed by atoms with van der Waals surface area (Å²) in [6.07, 6.45) is 2.37. The van der Waals surface area contributed by atoms with E-state index in [0.717, 1.165) is 0 Å². The van der Waals surface area contributed by atoms with Gasteiger partial charge in [-0.25, -0.2) is 4.79 Å². The normalized spacial score (nSPS) is 13.8. The van der Waals surface area contributed by atoms with Gasteiger partial charge >= 0.3 is 11.9 Å². The highest BCUT2D eigenvalue weighted by Gasteiger charge is 2.30. The fourth-order valence-electron chi connectivity index (χ4n) is 3.52. The molecule has 0 radical (unpaired) electrons. The summed E-state index contributed by atoms with van der Waals surface area (Å²) in [7, 11) is 0. The molecule has 0 bridgehead atoms. The summed E-state index contributed by atoms with van der Waals surface area (Å²) in [6, 6.07) is -4.56. The number of unbranched alkanes of at least 4 members (excludes halogenated alkanes) is 2. The number of nitrogens with zero attached hydrogens (tertiary/aromatic N) is 1. The minimum absolute atomic E-state index is 0.0775. The third-order valence-electron chi connectivity index (χ3n) is 5.73. The third kappa shape index (κ3) is 16.9. The Morgan fingerprint density at radius 3 is 1.59 bits per heavy atom. The van der Waals surface area contributed by atoms with Crippen LogP contribution in [0.15, 0.2) is 4.99 Å². The largest absolute Gasteiger partial charge is 0.481 e. The topological polar surface area (TPSA) is 304 Å². The van der Waals surface area contributed by atoms with E-state index in [-0.39, 0.29) is 38.2 Å². The van der Waals surface area contributed by atoms with Crippen LogP contribution in [-0.2, 0) is 24.0 Å². The summed E-state index contributed by atoms with van der Waals surface area (Å²) < 4.78 is 0. The Morgan fingerprint density at radius 2 is 1.15 bits per heavy atom. The van der Waals surface area contributed by atoms with Gasteiger partial charge in [0.2, 0.25) is 17.7 Å². The van der Waals surface area contributed by atoms with Gasteiger partial charge in [0.05, 0.1) is 6.04 Å². The van der Waals surface area contributed by atoms with Crippen LogP contribution in [0.4, 0.5) is 0 Å². The molecule has 16 nitrogen and oxygen atoms in total. The summed E-state index contributed by atoms with van der Waals surface area (Å²) in [5, 5.41) is 25.7. The van der Waals surface area contributed by atoms with Crippen molar-refractivity contribution in [2.45, 2.75) is 88.4 Å². The van der Waals surface area contributed by atoms with Gasteiger partial charge in [-0.2, -0.15) is 0 Å². The number of nitrogens with two attached hydrogens (primary N) is 5. The average molecular weight is 560 g/mol. The van der Waals surface area contributed by atoms with Gasteiger partial charge < -0.3 is 54.8 Å². The van der Waals surface area contributed by atoms with E-state index in [1.54, 1.807) is 0 Å². The Kier molecular flexibility index (Phi) is 18.6. The molecular formula is C23H45N9O7. The quantitative estimate of drug-likeness (QED) is 0.0361. The Bertz CT molecular complexity index is 822. The molecule has 0 aromatic carbocycles. The van der Waals surface area contributed by atoms with Crippen LogP contribution in [0.5, 0.6) is 0 Å². The molecule has 0 spiro atoms. The molecule has 0 aromatic rings. The Morgan fingerprint density at radius 1 is 0.667 bits per heavy atom. The van der Waals surface area contributed by atoms with E-state index in [1.165, 1.54) is 0 Å². The van der Waals surface area contributed by atoms with Gasteiger partial charge in [-0.1, -0.05) is 0 Å². The number of hydrogen-bond donors (Lipinski definition) is 10. The summed E-state index contributed by atoms with van der Waals surface area (Å²) in [5.41, 5.74) is 27.6. The minimum Gasteiger partial charge on any atom is -0.481 e. The smallest absolute Gasteiger partial charge is 0.326 e. The zero-order valence-corrected chi connectivity index (χ0v) is 22.3. The molecule has 0 aromatic heterocycles. The van der Waals surface area contributed by atoms with Crippen molar-refractivity contribution in [2.75, 3.05) is 19.6 Å². The number of carbonyl (C=O) groups is 5. The summed E-state index contributed by atoms with van der Waals surface area (Å²) in [4.78, 5) is 64.9. The first-order chi connectivity index (χ1) is 18.4. The fraction of sp³-hybridized carbons (Fsp3) is 0.739. The third-order valence-corrected chi connectivity index (χ3v) is 5.73. The van der Waals surface area contributed by atoms with Gasteiger partial charge in [0.25, 0.3) is 0 Å². The van der Waals surface area contributed by atoms with Crippen molar-refractivity contribution >= 4 is 35.6 Å². The minimum atomic E-state index is -1.46. The second-order valence-corrected chi connectivity index (χ2v) is 9.08. The predicted molar refractivity (Wildman–Crippen MR) is 144 cm³/mol. The highest BCUT2D eigenvalue weighted by atomic mass is 16.4. The second kappa shape index (κ2) is 20.5. The Balaban J connectivity index is 5.49. The first-order valence-corrected chi connectivity index (χ1v) is 13.0. The maximum atomic E-state index is 13.2. The van der Waals surface area contributed by atoms with E-state index in [4.69, 9.17) is 33.8 Å². The summed E-state index contributed by atoms with van der Waals surface area (Å²) >= 11 is 0. The SMILES string of the molecule is NCCCCC(NC(=O)C(N)CCCN=C(N)N)C(=O)NC(CCCCN)C(=O)NC(CCC(=O)O)C(=O)O. The van der Waals surface area contributed by atoms with E-state index >= 15 is 0 Å². The predicted octanol–water partition coefficient (Wildman–Crippen LogP) is -2.97. The van der Waals surface area contributed by atoms with Gasteiger partial charge in [0, 0.05) is 13.0 Å². The molecule has 224 valence electrons. The van der Waals surface area contributed by atoms with Crippen molar-refractivity contribution in [3.05, 3.63) is 0 Å². The number of carbonyl (C=O) groups excluding carboxylic acids is 3. The van der Waals surface area contributed by atoms with Crippen molar-refractivity contribution in [3.63, 3.8) is 0 Å². The Hall–Kier alpha value is -3.50. The second-order valence-electron chi connectivity index (χ2n) is 9.08. The molecule has 39 heavy (non-hydrogen) atoms. The number of amides is 3.